The second kappa shape index (κ2) is 6.37. The number of benzene rings is 1. The summed E-state index contributed by atoms with van der Waals surface area (Å²) in [5.41, 5.74) is 1.19. The lowest BCUT2D eigenvalue weighted by molar-refractivity contribution is 0.594. The summed E-state index contributed by atoms with van der Waals surface area (Å²) >= 11 is 3.40. The van der Waals surface area contributed by atoms with Crippen LogP contribution < -0.4 is 5.32 Å². The number of halogens is 1. The number of nitrogens with one attached hydrogen (secondary N) is 1. The van der Waals surface area contributed by atoms with Gasteiger partial charge in [0, 0.05) is 17.3 Å². The van der Waals surface area contributed by atoms with E-state index in [4.69, 9.17) is 0 Å². The van der Waals surface area contributed by atoms with Crippen LogP contribution >= 0.6 is 15.9 Å². The third kappa shape index (κ3) is 6.25. The molecule has 3 nitrogen and oxygen atoms in total. The van der Waals surface area contributed by atoms with E-state index in [1.165, 1.54) is 11.8 Å². The Hall–Kier alpha value is -0.390. The molecular weight excluding hydrogens is 290 g/mol. The standard InChI is InChI=1S/C11H16BrNO2S/c1-16(14,15)7-3-6-13-9-10-4-2-5-11(12)8-10/h2,4-5,8,13H,3,6-7,9H2,1H3. The van der Waals surface area contributed by atoms with Gasteiger partial charge in [-0.05, 0) is 30.7 Å². The maximum Gasteiger partial charge on any atom is 0.147 e. The van der Waals surface area contributed by atoms with Crippen LogP contribution in [0.5, 0.6) is 0 Å². The van der Waals surface area contributed by atoms with Gasteiger partial charge in [-0.15, -0.1) is 0 Å². The van der Waals surface area contributed by atoms with Crippen LogP contribution in [0, 0.1) is 0 Å². The predicted molar refractivity (Wildman–Crippen MR) is 70.2 cm³/mol. The zero-order chi connectivity index (χ0) is 12.0. The Morgan fingerprint density at radius 1 is 1.38 bits per heavy atom. The normalized spacial score (nSPS) is 11.6. The zero-order valence-corrected chi connectivity index (χ0v) is 11.6. The Bertz CT molecular complexity index is 431. The average molecular weight is 306 g/mol. The highest BCUT2D eigenvalue weighted by atomic mass is 79.9. The van der Waals surface area contributed by atoms with Gasteiger partial charge in [-0.1, -0.05) is 28.1 Å². The second-order valence-electron chi connectivity index (χ2n) is 3.79. The lowest BCUT2D eigenvalue weighted by Gasteiger charge is -2.04. The highest BCUT2D eigenvalue weighted by Crippen LogP contribution is 2.11. The van der Waals surface area contributed by atoms with Crippen molar-refractivity contribution in [3.8, 4) is 0 Å². The quantitative estimate of drug-likeness (QED) is 0.818. The molecule has 0 heterocycles. The van der Waals surface area contributed by atoms with Crippen LogP contribution in [0.1, 0.15) is 12.0 Å². The molecule has 0 aliphatic heterocycles. The summed E-state index contributed by atoms with van der Waals surface area (Å²) in [7, 11) is -2.82. The predicted octanol–water partition coefficient (Wildman–Crippen LogP) is 1.97. The third-order valence-electron chi connectivity index (χ3n) is 2.09. The van der Waals surface area contributed by atoms with Gasteiger partial charge in [0.1, 0.15) is 9.84 Å². The first-order valence-electron chi connectivity index (χ1n) is 5.10. The van der Waals surface area contributed by atoms with E-state index in [1.807, 2.05) is 24.3 Å². The summed E-state index contributed by atoms with van der Waals surface area (Å²) in [5, 5.41) is 3.22. The molecule has 1 aromatic rings. The monoisotopic (exact) mass is 305 g/mol. The molecule has 0 fully saturated rings. The van der Waals surface area contributed by atoms with Gasteiger partial charge < -0.3 is 5.32 Å². The van der Waals surface area contributed by atoms with Crippen LogP contribution in [0.25, 0.3) is 0 Å². The highest BCUT2D eigenvalue weighted by Gasteiger charge is 2.00. The van der Waals surface area contributed by atoms with Gasteiger partial charge in [-0.25, -0.2) is 8.42 Å². The first kappa shape index (κ1) is 13.7. The van der Waals surface area contributed by atoms with Crippen LogP contribution in [0.4, 0.5) is 0 Å². The minimum Gasteiger partial charge on any atom is -0.313 e. The van der Waals surface area contributed by atoms with E-state index in [1.54, 1.807) is 0 Å². The zero-order valence-electron chi connectivity index (χ0n) is 9.24. The van der Waals surface area contributed by atoms with Gasteiger partial charge in [0.2, 0.25) is 0 Å². The SMILES string of the molecule is CS(=O)(=O)CCCNCc1cccc(Br)c1. The van der Waals surface area contributed by atoms with Crippen molar-refractivity contribution in [3.63, 3.8) is 0 Å². The molecule has 1 rings (SSSR count). The topological polar surface area (TPSA) is 46.2 Å². The van der Waals surface area contributed by atoms with Crippen molar-refractivity contribution in [2.24, 2.45) is 0 Å². The van der Waals surface area contributed by atoms with E-state index in [0.717, 1.165) is 17.6 Å². The molecule has 0 amide bonds. The molecule has 0 aromatic heterocycles. The molecule has 0 atom stereocenters. The molecule has 0 radical (unpaired) electrons. The molecule has 1 N–H and O–H groups in total. The minimum absolute atomic E-state index is 0.248. The van der Waals surface area contributed by atoms with Crippen LogP contribution in [-0.2, 0) is 16.4 Å². The Morgan fingerprint density at radius 2 is 2.12 bits per heavy atom. The Morgan fingerprint density at radius 3 is 2.75 bits per heavy atom. The van der Waals surface area contributed by atoms with Crippen molar-refractivity contribution < 1.29 is 8.42 Å². The van der Waals surface area contributed by atoms with E-state index in [9.17, 15) is 8.42 Å². The van der Waals surface area contributed by atoms with Crippen molar-refractivity contribution >= 4 is 25.8 Å². The van der Waals surface area contributed by atoms with Gasteiger partial charge in [-0.2, -0.15) is 0 Å². The Balaban J connectivity index is 2.21. The summed E-state index contributed by atoms with van der Waals surface area (Å²) in [4.78, 5) is 0. The van der Waals surface area contributed by atoms with Crippen LogP contribution in [0.3, 0.4) is 0 Å². The minimum atomic E-state index is -2.82. The van der Waals surface area contributed by atoms with Crippen molar-refractivity contribution in [1.82, 2.24) is 5.32 Å². The van der Waals surface area contributed by atoms with Gasteiger partial charge in [-0.3, -0.25) is 0 Å². The molecule has 0 saturated heterocycles. The Labute approximate surface area is 105 Å². The first-order valence-corrected chi connectivity index (χ1v) is 7.95. The van der Waals surface area contributed by atoms with Crippen LogP contribution in [0.2, 0.25) is 0 Å². The van der Waals surface area contributed by atoms with Crippen LogP contribution in [-0.4, -0.2) is 27.0 Å². The van der Waals surface area contributed by atoms with Gasteiger partial charge in [0.15, 0.2) is 0 Å². The van der Waals surface area contributed by atoms with Crippen molar-refractivity contribution in [2.45, 2.75) is 13.0 Å². The molecule has 1 aromatic carbocycles. The fourth-order valence-corrected chi connectivity index (χ4v) is 2.45. The largest absolute Gasteiger partial charge is 0.313 e. The number of sulfone groups is 1. The summed E-state index contributed by atoms with van der Waals surface area (Å²) in [6.07, 6.45) is 1.92. The van der Waals surface area contributed by atoms with E-state index in [2.05, 4.69) is 21.2 Å². The van der Waals surface area contributed by atoms with E-state index in [0.29, 0.717) is 6.42 Å². The molecule has 0 bridgehead atoms. The highest BCUT2D eigenvalue weighted by molar-refractivity contribution is 9.10. The molecule has 0 aliphatic rings. The van der Waals surface area contributed by atoms with Crippen molar-refractivity contribution in [2.75, 3.05) is 18.6 Å². The van der Waals surface area contributed by atoms with E-state index < -0.39 is 9.84 Å². The molecule has 0 aliphatic carbocycles. The summed E-state index contributed by atoms with van der Waals surface area (Å²) in [6, 6.07) is 8.04. The molecule has 0 saturated carbocycles. The molecule has 0 unspecified atom stereocenters. The number of rotatable bonds is 6. The average Bonchev–Trinajstić information content (AvgIpc) is 2.15. The summed E-state index contributed by atoms with van der Waals surface area (Å²) in [5.74, 6) is 0.248. The Kier molecular flexibility index (Phi) is 5.44. The first-order chi connectivity index (χ1) is 7.47. The fourth-order valence-electron chi connectivity index (χ4n) is 1.34. The van der Waals surface area contributed by atoms with E-state index in [-0.39, 0.29) is 5.75 Å². The summed E-state index contributed by atoms with van der Waals surface area (Å²) in [6.45, 7) is 1.49. The van der Waals surface area contributed by atoms with Gasteiger partial charge in [0.05, 0.1) is 5.75 Å². The molecular formula is C11H16BrNO2S. The smallest absolute Gasteiger partial charge is 0.147 e. The van der Waals surface area contributed by atoms with Gasteiger partial charge >= 0.3 is 0 Å². The van der Waals surface area contributed by atoms with Gasteiger partial charge in [0.25, 0.3) is 0 Å². The maximum absolute atomic E-state index is 10.9. The van der Waals surface area contributed by atoms with E-state index >= 15 is 0 Å². The number of hydrogen-bond donors (Lipinski definition) is 1. The second-order valence-corrected chi connectivity index (χ2v) is 6.97. The molecule has 16 heavy (non-hydrogen) atoms. The third-order valence-corrected chi connectivity index (χ3v) is 3.61. The molecule has 5 heteroatoms. The summed E-state index contributed by atoms with van der Waals surface area (Å²) < 4.78 is 22.8. The maximum atomic E-state index is 10.9. The van der Waals surface area contributed by atoms with Crippen LogP contribution in [0.15, 0.2) is 28.7 Å². The van der Waals surface area contributed by atoms with Crippen molar-refractivity contribution in [3.05, 3.63) is 34.3 Å². The lowest BCUT2D eigenvalue weighted by atomic mass is 10.2. The van der Waals surface area contributed by atoms with Crippen molar-refractivity contribution in [1.29, 1.82) is 0 Å². The lowest BCUT2D eigenvalue weighted by Crippen LogP contribution is -2.17. The fraction of sp³-hybridized carbons (Fsp3) is 0.455. The molecule has 90 valence electrons. The number of hydrogen-bond acceptors (Lipinski definition) is 3. The molecule has 0 spiro atoms.